The average molecular weight is 339 g/mol. The summed E-state index contributed by atoms with van der Waals surface area (Å²) in [7, 11) is 2.11. The van der Waals surface area contributed by atoms with E-state index in [4.69, 9.17) is 9.73 Å². The number of aliphatic imine (C=N–C) groups is 1. The quantitative estimate of drug-likeness (QED) is 0.377. The Hall–Kier alpha value is -0.810. The summed E-state index contributed by atoms with van der Waals surface area (Å²) in [5, 5.41) is 3.41. The van der Waals surface area contributed by atoms with Crippen molar-refractivity contribution in [2.45, 2.75) is 46.0 Å². The summed E-state index contributed by atoms with van der Waals surface area (Å²) >= 11 is 0. The van der Waals surface area contributed by atoms with Crippen LogP contribution >= 0.6 is 0 Å². The van der Waals surface area contributed by atoms with E-state index in [1.807, 2.05) is 0 Å². The summed E-state index contributed by atoms with van der Waals surface area (Å²) in [6.45, 7) is 12.6. The molecule has 0 bridgehead atoms. The maximum absolute atomic E-state index is 5.75. The van der Waals surface area contributed by atoms with Crippen LogP contribution in [-0.4, -0.2) is 75.3 Å². The molecule has 1 aliphatic carbocycles. The van der Waals surface area contributed by atoms with E-state index in [0.717, 1.165) is 44.7 Å². The van der Waals surface area contributed by atoms with Crippen LogP contribution in [-0.2, 0) is 4.74 Å². The number of hydrogen-bond acceptors (Lipinski definition) is 3. The smallest absolute Gasteiger partial charge is 0.193 e. The standard InChI is InChI=1S/C19H38N4O/c1-4-20-19(22(3)12-13-24-16-18-8-9-18)21-14-17(2)15-23-10-6-5-7-11-23/h17-18H,4-16H2,1-3H3,(H,20,21). The highest BCUT2D eigenvalue weighted by atomic mass is 16.5. The monoisotopic (exact) mass is 338 g/mol. The summed E-state index contributed by atoms with van der Waals surface area (Å²) in [5.74, 6) is 2.46. The lowest BCUT2D eigenvalue weighted by Crippen LogP contribution is -2.41. The lowest BCUT2D eigenvalue weighted by Gasteiger charge is -2.29. The Labute approximate surface area is 148 Å². The molecule has 1 saturated heterocycles. The predicted octanol–water partition coefficient (Wildman–Crippen LogP) is 2.43. The van der Waals surface area contributed by atoms with E-state index in [9.17, 15) is 0 Å². The molecule has 2 rings (SSSR count). The Morgan fingerprint density at radius 2 is 2.04 bits per heavy atom. The Kier molecular flexibility index (Phi) is 8.89. The van der Waals surface area contributed by atoms with Gasteiger partial charge in [-0.3, -0.25) is 4.99 Å². The van der Waals surface area contributed by atoms with Gasteiger partial charge in [-0.05, 0) is 57.5 Å². The molecule has 1 atom stereocenters. The first-order chi connectivity index (χ1) is 11.7. The van der Waals surface area contributed by atoms with E-state index in [1.54, 1.807) is 0 Å². The fraction of sp³-hybridized carbons (Fsp3) is 0.947. The van der Waals surface area contributed by atoms with E-state index >= 15 is 0 Å². The van der Waals surface area contributed by atoms with Gasteiger partial charge in [0.25, 0.3) is 0 Å². The number of hydrogen-bond donors (Lipinski definition) is 1. The van der Waals surface area contributed by atoms with Crippen molar-refractivity contribution in [3.63, 3.8) is 0 Å². The van der Waals surface area contributed by atoms with Gasteiger partial charge in [-0.15, -0.1) is 0 Å². The molecule has 0 aromatic carbocycles. The molecule has 0 radical (unpaired) electrons. The maximum atomic E-state index is 5.75. The van der Waals surface area contributed by atoms with Crippen LogP contribution in [0.5, 0.6) is 0 Å². The molecular formula is C19H38N4O. The molecule has 5 nitrogen and oxygen atoms in total. The first-order valence-electron chi connectivity index (χ1n) is 9.98. The van der Waals surface area contributed by atoms with Crippen LogP contribution in [0.1, 0.15) is 46.0 Å². The molecule has 2 fully saturated rings. The Morgan fingerprint density at radius 1 is 1.29 bits per heavy atom. The van der Waals surface area contributed by atoms with Crippen molar-refractivity contribution < 1.29 is 4.74 Å². The second-order valence-electron chi connectivity index (χ2n) is 7.60. The fourth-order valence-electron chi connectivity index (χ4n) is 3.19. The SMILES string of the molecule is CCNC(=NCC(C)CN1CCCCC1)N(C)CCOCC1CC1. The first-order valence-corrected chi connectivity index (χ1v) is 9.98. The lowest BCUT2D eigenvalue weighted by molar-refractivity contribution is 0.115. The van der Waals surface area contributed by atoms with E-state index in [1.165, 1.54) is 51.7 Å². The lowest BCUT2D eigenvalue weighted by atomic mass is 10.1. The second-order valence-corrected chi connectivity index (χ2v) is 7.60. The zero-order valence-electron chi connectivity index (χ0n) is 16.1. The molecule has 24 heavy (non-hydrogen) atoms. The topological polar surface area (TPSA) is 40.1 Å². The molecule has 0 amide bonds. The van der Waals surface area contributed by atoms with Gasteiger partial charge in [0.2, 0.25) is 0 Å². The molecule has 0 spiro atoms. The molecule has 140 valence electrons. The molecular weight excluding hydrogens is 300 g/mol. The number of guanidine groups is 1. The number of rotatable bonds is 10. The molecule has 1 aliphatic heterocycles. The van der Waals surface area contributed by atoms with Crippen molar-refractivity contribution in [2.24, 2.45) is 16.8 Å². The van der Waals surface area contributed by atoms with Gasteiger partial charge in [-0.25, -0.2) is 0 Å². The van der Waals surface area contributed by atoms with Gasteiger partial charge < -0.3 is 19.9 Å². The van der Waals surface area contributed by atoms with E-state index in [2.05, 4.69) is 36.0 Å². The van der Waals surface area contributed by atoms with Crippen molar-refractivity contribution in [2.75, 3.05) is 59.5 Å². The number of ether oxygens (including phenoxy) is 1. The van der Waals surface area contributed by atoms with E-state index in [-0.39, 0.29) is 0 Å². The highest BCUT2D eigenvalue weighted by molar-refractivity contribution is 5.79. The summed E-state index contributed by atoms with van der Waals surface area (Å²) < 4.78 is 5.75. The highest BCUT2D eigenvalue weighted by Gasteiger charge is 2.21. The van der Waals surface area contributed by atoms with Crippen molar-refractivity contribution in [1.29, 1.82) is 0 Å². The third-order valence-electron chi connectivity index (χ3n) is 4.89. The summed E-state index contributed by atoms with van der Waals surface area (Å²) in [4.78, 5) is 9.66. The van der Waals surface area contributed by atoms with Gasteiger partial charge in [-0.2, -0.15) is 0 Å². The molecule has 1 N–H and O–H groups in total. The predicted molar refractivity (Wildman–Crippen MR) is 102 cm³/mol. The Morgan fingerprint density at radius 3 is 2.71 bits per heavy atom. The molecule has 0 aromatic rings. The Balaban J connectivity index is 1.68. The molecule has 1 saturated carbocycles. The third-order valence-corrected chi connectivity index (χ3v) is 4.89. The van der Waals surface area contributed by atoms with E-state index < -0.39 is 0 Å². The van der Waals surface area contributed by atoms with Crippen LogP contribution in [0.25, 0.3) is 0 Å². The van der Waals surface area contributed by atoms with Crippen LogP contribution in [0.4, 0.5) is 0 Å². The zero-order valence-corrected chi connectivity index (χ0v) is 16.1. The minimum atomic E-state index is 0.608. The number of likely N-dealkylation sites (N-methyl/N-ethyl adjacent to an activating group) is 1. The second kappa shape index (κ2) is 10.9. The van der Waals surface area contributed by atoms with Gasteiger partial charge >= 0.3 is 0 Å². The molecule has 0 aromatic heterocycles. The number of nitrogens with one attached hydrogen (secondary N) is 1. The summed E-state index contributed by atoms with van der Waals surface area (Å²) in [6.07, 6.45) is 6.84. The largest absolute Gasteiger partial charge is 0.379 e. The van der Waals surface area contributed by atoms with Crippen LogP contribution in [0.15, 0.2) is 4.99 Å². The number of nitrogens with zero attached hydrogens (tertiary/aromatic N) is 3. The van der Waals surface area contributed by atoms with Gasteiger partial charge in [-0.1, -0.05) is 13.3 Å². The number of likely N-dealkylation sites (tertiary alicyclic amines) is 1. The minimum Gasteiger partial charge on any atom is -0.379 e. The zero-order chi connectivity index (χ0) is 17.2. The minimum absolute atomic E-state index is 0.608. The molecule has 1 heterocycles. The van der Waals surface area contributed by atoms with Crippen molar-refractivity contribution in [3.8, 4) is 0 Å². The average Bonchev–Trinajstić information content (AvgIpc) is 3.40. The van der Waals surface area contributed by atoms with Gasteiger partial charge in [0.15, 0.2) is 5.96 Å². The van der Waals surface area contributed by atoms with Gasteiger partial charge in [0.1, 0.15) is 0 Å². The van der Waals surface area contributed by atoms with Gasteiger partial charge in [0.05, 0.1) is 6.61 Å². The maximum Gasteiger partial charge on any atom is 0.193 e. The highest BCUT2D eigenvalue weighted by Crippen LogP contribution is 2.28. The molecule has 5 heteroatoms. The molecule has 1 unspecified atom stereocenters. The third kappa shape index (κ3) is 7.84. The summed E-state index contributed by atoms with van der Waals surface area (Å²) in [6, 6.07) is 0. The number of piperidine rings is 1. The van der Waals surface area contributed by atoms with E-state index in [0.29, 0.717) is 5.92 Å². The van der Waals surface area contributed by atoms with Crippen molar-refractivity contribution in [1.82, 2.24) is 15.1 Å². The van der Waals surface area contributed by atoms with Crippen LogP contribution in [0.3, 0.4) is 0 Å². The molecule has 2 aliphatic rings. The normalized spacial score (nSPS) is 20.9. The van der Waals surface area contributed by atoms with Crippen molar-refractivity contribution >= 4 is 5.96 Å². The van der Waals surface area contributed by atoms with Crippen molar-refractivity contribution in [3.05, 3.63) is 0 Å². The Bertz CT molecular complexity index is 364. The van der Waals surface area contributed by atoms with Crippen LogP contribution < -0.4 is 5.32 Å². The van der Waals surface area contributed by atoms with Crippen LogP contribution in [0.2, 0.25) is 0 Å². The summed E-state index contributed by atoms with van der Waals surface area (Å²) in [5.41, 5.74) is 0. The first kappa shape index (κ1) is 19.5. The van der Waals surface area contributed by atoms with Gasteiger partial charge in [0, 0.05) is 39.8 Å². The fourth-order valence-corrected chi connectivity index (χ4v) is 3.19. The van der Waals surface area contributed by atoms with Crippen LogP contribution in [0, 0.1) is 11.8 Å².